The van der Waals surface area contributed by atoms with Crippen LogP contribution in [0.25, 0.3) is 15.7 Å². The van der Waals surface area contributed by atoms with Gasteiger partial charge in [0.15, 0.2) is 0 Å². The topological polar surface area (TPSA) is 68.4 Å². The van der Waals surface area contributed by atoms with E-state index in [4.69, 9.17) is 11.6 Å². The highest BCUT2D eigenvalue weighted by Crippen LogP contribution is 2.24. The first-order valence-electron chi connectivity index (χ1n) is 8.56. The first-order valence-corrected chi connectivity index (χ1v) is 9.82. The fourth-order valence-electron chi connectivity index (χ4n) is 3.05. The molecule has 138 valence electrons. The number of carbonyl (C=O) groups excluding carboxylic acids is 1. The molecule has 0 radical (unpaired) electrons. The first-order chi connectivity index (χ1) is 13.1. The summed E-state index contributed by atoms with van der Waals surface area (Å²) in [5, 5.41) is 9.87. The average Bonchev–Trinajstić information content (AvgIpc) is 3.25. The smallest absolute Gasteiger partial charge is 0.291 e. The monoisotopic (exact) mass is 400 g/mol. The Hall–Kier alpha value is -2.64. The summed E-state index contributed by atoms with van der Waals surface area (Å²) in [5.74, 6) is 0.489. The minimum Gasteiger partial charge on any atom is -0.350 e. The quantitative estimate of drug-likeness (QED) is 0.559. The lowest BCUT2D eigenvalue weighted by Gasteiger charge is -2.10. The van der Waals surface area contributed by atoms with Crippen molar-refractivity contribution < 1.29 is 4.79 Å². The van der Waals surface area contributed by atoms with Gasteiger partial charge < -0.3 is 5.32 Å². The van der Waals surface area contributed by atoms with Gasteiger partial charge in [-0.2, -0.15) is 5.10 Å². The van der Waals surface area contributed by atoms with Crippen LogP contribution in [0.3, 0.4) is 0 Å². The Kier molecular flexibility index (Phi) is 4.72. The fourth-order valence-corrected chi connectivity index (χ4v) is 3.98. The second kappa shape index (κ2) is 7.17. The summed E-state index contributed by atoms with van der Waals surface area (Å²) >= 11 is 7.44. The maximum absolute atomic E-state index is 12.8. The number of hydrogen-bond donors (Lipinski definition) is 1. The molecule has 0 unspecified atom stereocenters. The molecule has 0 aliphatic rings. The van der Waals surface area contributed by atoms with Crippen molar-refractivity contribution in [3.05, 3.63) is 68.5 Å². The van der Waals surface area contributed by atoms with Crippen molar-refractivity contribution in [3.63, 3.8) is 0 Å². The number of fused-ring (bicyclic) bond motifs is 3. The van der Waals surface area contributed by atoms with Crippen LogP contribution in [0.4, 0.5) is 0 Å². The Morgan fingerprint density at radius 2 is 2.00 bits per heavy atom. The number of rotatable bonds is 5. The van der Waals surface area contributed by atoms with Gasteiger partial charge in [0.25, 0.3) is 5.56 Å². The number of aryl methyl sites for hydroxylation is 1. The molecule has 6 nitrogen and oxygen atoms in total. The summed E-state index contributed by atoms with van der Waals surface area (Å²) in [6.45, 7) is 2.23. The van der Waals surface area contributed by atoms with Gasteiger partial charge in [0.1, 0.15) is 17.9 Å². The van der Waals surface area contributed by atoms with E-state index in [0.717, 1.165) is 21.6 Å². The summed E-state index contributed by atoms with van der Waals surface area (Å²) in [5.41, 5.74) is 2.20. The number of nitrogens with zero attached hydrogens (tertiary/aromatic N) is 3. The lowest BCUT2D eigenvalue weighted by Crippen LogP contribution is -2.35. The zero-order valence-electron chi connectivity index (χ0n) is 14.6. The van der Waals surface area contributed by atoms with E-state index in [-0.39, 0.29) is 18.0 Å². The van der Waals surface area contributed by atoms with Crippen molar-refractivity contribution >= 4 is 44.6 Å². The molecule has 1 N–H and O–H groups in total. The van der Waals surface area contributed by atoms with Crippen LogP contribution in [0.15, 0.2) is 46.6 Å². The standard InChI is InChI=1S/C19H17ClN4O2S/c1-2-17-22-23(11-18(25)21-10-12-3-5-13(20)6-4-12)19(26)15-9-16-14(24(15)17)7-8-27-16/h3-9H,2,10-11H2,1H3,(H,21,25). The summed E-state index contributed by atoms with van der Waals surface area (Å²) < 4.78 is 4.17. The Bertz CT molecular complexity index is 1190. The van der Waals surface area contributed by atoms with Crippen molar-refractivity contribution in [1.82, 2.24) is 19.5 Å². The number of benzene rings is 1. The van der Waals surface area contributed by atoms with Crippen molar-refractivity contribution in [2.45, 2.75) is 26.4 Å². The number of amides is 1. The van der Waals surface area contributed by atoms with Crippen molar-refractivity contribution in [2.24, 2.45) is 0 Å². The summed E-state index contributed by atoms with van der Waals surface area (Å²) in [6.07, 6.45) is 0.656. The molecule has 0 aliphatic heterocycles. The number of hydrogen-bond acceptors (Lipinski definition) is 4. The van der Waals surface area contributed by atoms with Crippen LogP contribution < -0.4 is 10.9 Å². The SMILES string of the molecule is CCc1nn(CC(=O)NCc2ccc(Cl)cc2)c(=O)c2cc3sccc3n12. The predicted octanol–water partition coefficient (Wildman–Crippen LogP) is 3.24. The highest BCUT2D eigenvalue weighted by atomic mass is 35.5. The van der Waals surface area contributed by atoms with E-state index < -0.39 is 0 Å². The molecule has 3 heterocycles. The normalized spacial score (nSPS) is 11.3. The Morgan fingerprint density at radius 1 is 1.22 bits per heavy atom. The van der Waals surface area contributed by atoms with Gasteiger partial charge in [-0.1, -0.05) is 30.7 Å². The molecule has 1 aromatic carbocycles. The number of halogens is 1. The van der Waals surface area contributed by atoms with Crippen LogP contribution in [0.1, 0.15) is 18.3 Å². The molecular weight excluding hydrogens is 384 g/mol. The second-order valence-electron chi connectivity index (χ2n) is 6.17. The van der Waals surface area contributed by atoms with Crippen LogP contribution in [-0.4, -0.2) is 20.1 Å². The van der Waals surface area contributed by atoms with Crippen LogP contribution in [-0.2, 0) is 24.3 Å². The zero-order valence-corrected chi connectivity index (χ0v) is 16.2. The van der Waals surface area contributed by atoms with Crippen LogP contribution in [0, 0.1) is 0 Å². The van der Waals surface area contributed by atoms with E-state index >= 15 is 0 Å². The molecule has 0 spiro atoms. The molecule has 0 bridgehead atoms. The molecule has 1 amide bonds. The Balaban J connectivity index is 1.59. The summed E-state index contributed by atoms with van der Waals surface area (Å²) in [7, 11) is 0. The molecule has 0 atom stereocenters. The zero-order chi connectivity index (χ0) is 19.0. The van der Waals surface area contributed by atoms with Crippen molar-refractivity contribution in [3.8, 4) is 0 Å². The average molecular weight is 401 g/mol. The molecule has 0 fully saturated rings. The van der Waals surface area contributed by atoms with Gasteiger partial charge in [0, 0.05) is 18.0 Å². The van der Waals surface area contributed by atoms with Crippen molar-refractivity contribution in [1.29, 1.82) is 0 Å². The van der Waals surface area contributed by atoms with Gasteiger partial charge in [-0.25, -0.2) is 4.68 Å². The molecule has 8 heteroatoms. The molecule has 4 rings (SSSR count). The Morgan fingerprint density at radius 3 is 2.74 bits per heavy atom. The minimum absolute atomic E-state index is 0.116. The maximum Gasteiger partial charge on any atom is 0.291 e. The third-order valence-electron chi connectivity index (χ3n) is 4.38. The van der Waals surface area contributed by atoms with E-state index in [1.165, 1.54) is 4.68 Å². The largest absolute Gasteiger partial charge is 0.350 e. The first kappa shape index (κ1) is 17.8. The summed E-state index contributed by atoms with van der Waals surface area (Å²) in [6, 6.07) is 11.1. The molecular formula is C19H17ClN4O2S. The number of aromatic nitrogens is 3. The minimum atomic E-state index is -0.266. The Labute approximate surface area is 164 Å². The molecule has 0 saturated carbocycles. The maximum atomic E-state index is 12.8. The third-order valence-corrected chi connectivity index (χ3v) is 5.49. The van der Waals surface area contributed by atoms with Gasteiger partial charge in [0.2, 0.25) is 5.91 Å². The highest BCUT2D eigenvalue weighted by Gasteiger charge is 2.15. The third kappa shape index (κ3) is 3.36. The van der Waals surface area contributed by atoms with Gasteiger partial charge >= 0.3 is 0 Å². The molecule has 27 heavy (non-hydrogen) atoms. The highest BCUT2D eigenvalue weighted by molar-refractivity contribution is 7.17. The molecule has 0 saturated heterocycles. The van der Waals surface area contributed by atoms with Crippen LogP contribution >= 0.6 is 22.9 Å². The van der Waals surface area contributed by atoms with Gasteiger partial charge in [0.05, 0.1) is 10.2 Å². The number of thiophene rings is 1. The fraction of sp³-hybridized carbons (Fsp3) is 0.211. The molecule has 4 aromatic rings. The van der Waals surface area contributed by atoms with E-state index in [2.05, 4.69) is 10.4 Å². The van der Waals surface area contributed by atoms with E-state index in [0.29, 0.717) is 23.5 Å². The lowest BCUT2D eigenvalue weighted by molar-refractivity contribution is -0.122. The van der Waals surface area contributed by atoms with Crippen molar-refractivity contribution in [2.75, 3.05) is 0 Å². The number of nitrogens with one attached hydrogen (secondary N) is 1. The lowest BCUT2D eigenvalue weighted by atomic mass is 10.2. The van der Waals surface area contributed by atoms with E-state index in [1.807, 2.05) is 41.0 Å². The second-order valence-corrected chi connectivity index (χ2v) is 7.55. The molecule has 0 aliphatic carbocycles. The van der Waals surface area contributed by atoms with Gasteiger partial charge in [-0.05, 0) is 35.2 Å². The van der Waals surface area contributed by atoms with Crippen LogP contribution in [0.5, 0.6) is 0 Å². The predicted molar refractivity (Wildman–Crippen MR) is 108 cm³/mol. The molecule has 3 aromatic heterocycles. The van der Waals surface area contributed by atoms with E-state index in [1.54, 1.807) is 23.5 Å². The summed E-state index contributed by atoms with van der Waals surface area (Å²) in [4.78, 5) is 25.1. The van der Waals surface area contributed by atoms with Gasteiger partial charge in [-0.15, -0.1) is 11.3 Å². The number of carbonyl (C=O) groups is 1. The van der Waals surface area contributed by atoms with Gasteiger partial charge in [-0.3, -0.25) is 14.0 Å². The van der Waals surface area contributed by atoms with E-state index in [9.17, 15) is 9.59 Å². The van der Waals surface area contributed by atoms with Crippen LogP contribution in [0.2, 0.25) is 5.02 Å².